The lowest BCUT2D eigenvalue weighted by Gasteiger charge is -2.21. The van der Waals surface area contributed by atoms with E-state index in [4.69, 9.17) is 5.26 Å². The number of hydrogen-bond acceptors (Lipinski definition) is 3. The SMILES string of the molecule is N#CCCCNC(=O)CC1CCCNC1. The summed E-state index contributed by atoms with van der Waals surface area (Å²) in [6, 6.07) is 2.06. The van der Waals surface area contributed by atoms with E-state index in [1.54, 1.807) is 0 Å². The van der Waals surface area contributed by atoms with E-state index in [9.17, 15) is 4.79 Å². The van der Waals surface area contributed by atoms with Gasteiger partial charge in [-0.2, -0.15) is 5.26 Å². The van der Waals surface area contributed by atoms with Gasteiger partial charge in [0.1, 0.15) is 0 Å². The molecule has 0 aromatic carbocycles. The van der Waals surface area contributed by atoms with Gasteiger partial charge in [-0.3, -0.25) is 4.79 Å². The number of amides is 1. The van der Waals surface area contributed by atoms with Gasteiger partial charge in [0.25, 0.3) is 0 Å². The number of piperidine rings is 1. The van der Waals surface area contributed by atoms with Crippen LogP contribution in [0.15, 0.2) is 0 Å². The lowest BCUT2D eigenvalue weighted by atomic mass is 9.96. The van der Waals surface area contributed by atoms with Crippen LogP contribution in [0.5, 0.6) is 0 Å². The summed E-state index contributed by atoms with van der Waals surface area (Å²) in [5.74, 6) is 0.622. The van der Waals surface area contributed by atoms with Crippen molar-refractivity contribution in [2.24, 2.45) is 5.92 Å². The van der Waals surface area contributed by atoms with Crippen molar-refractivity contribution in [3.05, 3.63) is 0 Å². The Morgan fingerprint density at radius 3 is 3.13 bits per heavy atom. The predicted molar refractivity (Wildman–Crippen MR) is 58.1 cm³/mol. The summed E-state index contributed by atoms with van der Waals surface area (Å²) >= 11 is 0. The third kappa shape index (κ3) is 5.38. The number of hydrogen-bond donors (Lipinski definition) is 2. The second kappa shape index (κ2) is 7.24. The van der Waals surface area contributed by atoms with Crippen molar-refractivity contribution >= 4 is 5.91 Å². The van der Waals surface area contributed by atoms with E-state index in [1.165, 1.54) is 6.42 Å². The Morgan fingerprint density at radius 2 is 2.47 bits per heavy atom. The van der Waals surface area contributed by atoms with Crippen LogP contribution in [0.1, 0.15) is 32.1 Å². The fourth-order valence-corrected chi connectivity index (χ4v) is 1.83. The number of carbonyl (C=O) groups excluding carboxylic acids is 1. The van der Waals surface area contributed by atoms with Crippen LogP contribution in [0.2, 0.25) is 0 Å². The van der Waals surface area contributed by atoms with Crippen LogP contribution in [-0.2, 0) is 4.79 Å². The molecule has 0 aromatic rings. The Balaban J connectivity index is 2.04. The van der Waals surface area contributed by atoms with Gasteiger partial charge >= 0.3 is 0 Å². The second-order valence-corrected chi connectivity index (χ2v) is 4.03. The van der Waals surface area contributed by atoms with Gasteiger partial charge in [-0.15, -0.1) is 0 Å². The highest BCUT2D eigenvalue weighted by atomic mass is 16.1. The monoisotopic (exact) mass is 209 g/mol. The lowest BCUT2D eigenvalue weighted by molar-refractivity contribution is -0.122. The molecule has 2 N–H and O–H groups in total. The Kier molecular flexibility index (Phi) is 5.79. The van der Waals surface area contributed by atoms with Gasteiger partial charge in [-0.1, -0.05) is 0 Å². The Bertz CT molecular complexity index is 228. The average molecular weight is 209 g/mol. The maximum atomic E-state index is 11.5. The fraction of sp³-hybridized carbons (Fsp3) is 0.818. The van der Waals surface area contributed by atoms with Gasteiger partial charge in [0.15, 0.2) is 0 Å². The van der Waals surface area contributed by atoms with Gasteiger partial charge in [0.05, 0.1) is 6.07 Å². The van der Waals surface area contributed by atoms with Crippen LogP contribution in [0.4, 0.5) is 0 Å². The first-order chi connectivity index (χ1) is 7.33. The maximum absolute atomic E-state index is 11.5. The Morgan fingerprint density at radius 1 is 1.60 bits per heavy atom. The lowest BCUT2D eigenvalue weighted by Crippen LogP contribution is -2.34. The molecule has 1 heterocycles. The molecule has 1 aliphatic rings. The van der Waals surface area contributed by atoms with Crippen molar-refractivity contribution in [3.8, 4) is 6.07 Å². The fourth-order valence-electron chi connectivity index (χ4n) is 1.83. The quantitative estimate of drug-likeness (QED) is 0.658. The van der Waals surface area contributed by atoms with Crippen LogP contribution in [0, 0.1) is 17.2 Å². The number of nitrogens with zero attached hydrogens (tertiary/aromatic N) is 1. The van der Waals surface area contributed by atoms with Crippen molar-refractivity contribution in [2.45, 2.75) is 32.1 Å². The summed E-state index contributed by atoms with van der Waals surface area (Å²) in [7, 11) is 0. The first-order valence-corrected chi connectivity index (χ1v) is 5.67. The predicted octanol–water partition coefficient (Wildman–Crippen LogP) is 0.796. The molecule has 0 bridgehead atoms. The number of nitriles is 1. The molecule has 4 nitrogen and oxygen atoms in total. The topological polar surface area (TPSA) is 64.9 Å². The number of rotatable bonds is 5. The second-order valence-electron chi connectivity index (χ2n) is 4.03. The molecule has 1 aliphatic heterocycles. The third-order valence-electron chi connectivity index (χ3n) is 2.66. The van der Waals surface area contributed by atoms with E-state index >= 15 is 0 Å². The van der Waals surface area contributed by atoms with Crippen molar-refractivity contribution < 1.29 is 4.79 Å². The van der Waals surface area contributed by atoms with E-state index in [1.807, 2.05) is 0 Å². The molecule has 1 amide bonds. The molecule has 0 radical (unpaired) electrons. The molecule has 0 saturated carbocycles. The highest BCUT2D eigenvalue weighted by Crippen LogP contribution is 2.13. The standard InChI is InChI=1S/C11H19N3O/c12-5-1-2-7-14-11(15)8-10-4-3-6-13-9-10/h10,13H,1-4,6-9H2,(H,14,15). The minimum Gasteiger partial charge on any atom is -0.356 e. The summed E-state index contributed by atoms with van der Waals surface area (Å²) in [5, 5.41) is 14.5. The zero-order valence-corrected chi connectivity index (χ0v) is 9.09. The van der Waals surface area contributed by atoms with E-state index in [0.717, 1.165) is 25.9 Å². The third-order valence-corrected chi connectivity index (χ3v) is 2.66. The molecule has 0 aromatic heterocycles. The van der Waals surface area contributed by atoms with Gasteiger partial charge < -0.3 is 10.6 Å². The molecule has 1 fully saturated rings. The summed E-state index contributed by atoms with van der Waals surface area (Å²) in [6.07, 6.45) is 4.22. The highest BCUT2D eigenvalue weighted by Gasteiger charge is 2.15. The summed E-state index contributed by atoms with van der Waals surface area (Å²) in [5.41, 5.74) is 0. The van der Waals surface area contributed by atoms with Crippen LogP contribution < -0.4 is 10.6 Å². The molecule has 1 saturated heterocycles. The zero-order chi connectivity index (χ0) is 10.9. The minimum absolute atomic E-state index is 0.127. The molecule has 15 heavy (non-hydrogen) atoms. The maximum Gasteiger partial charge on any atom is 0.220 e. The van der Waals surface area contributed by atoms with Crippen LogP contribution in [-0.4, -0.2) is 25.5 Å². The van der Waals surface area contributed by atoms with Crippen molar-refractivity contribution in [2.75, 3.05) is 19.6 Å². The molecular formula is C11H19N3O. The molecule has 0 spiro atoms. The molecule has 1 rings (SSSR count). The van der Waals surface area contributed by atoms with Crippen molar-refractivity contribution in [1.29, 1.82) is 5.26 Å². The van der Waals surface area contributed by atoms with Crippen LogP contribution in [0.3, 0.4) is 0 Å². The van der Waals surface area contributed by atoms with E-state index < -0.39 is 0 Å². The average Bonchev–Trinajstić information content (AvgIpc) is 2.26. The smallest absolute Gasteiger partial charge is 0.220 e. The normalized spacial score (nSPS) is 20.6. The van der Waals surface area contributed by atoms with Gasteiger partial charge in [0, 0.05) is 19.4 Å². The van der Waals surface area contributed by atoms with E-state index in [-0.39, 0.29) is 5.91 Å². The summed E-state index contributed by atoms with van der Waals surface area (Å²) in [4.78, 5) is 11.5. The molecule has 4 heteroatoms. The van der Waals surface area contributed by atoms with Crippen LogP contribution >= 0.6 is 0 Å². The van der Waals surface area contributed by atoms with Crippen LogP contribution in [0.25, 0.3) is 0 Å². The molecule has 1 atom stereocenters. The molecular weight excluding hydrogens is 190 g/mol. The largest absolute Gasteiger partial charge is 0.356 e. The number of carbonyl (C=O) groups is 1. The van der Waals surface area contributed by atoms with E-state index in [0.29, 0.717) is 25.3 Å². The first kappa shape index (κ1) is 12.0. The minimum atomic E-state index is 0.127. The van der Waals surface area contributed by atoms with Gasteiger partial charge in [-0.05, 0) is 38.3 Å². The zero-order valence-electron chi connectivity index (χ0n) is 9.09. The molecule has 1 unspecified atom stereocenters. The Hall–Kier alpha value is -1.08. The van der Waals surface area contributed by atoms with Crippen molar-refractivity contribution in [1.82, 2.24) is 10.6 Å². The van der Waals surface area contributed by atoms with Crippen molar-refractivity contribution in [3.63, 3.8) is 0 Å². The Labute approximate surface area is 91.0 Å². The highest BCUT2D eigenvalue weighted by molar-refractivity contribution is 5.76. The molecule has 0 aliphatic carbocycles. The molecule has 84 valence electrons. The summed E-state index contributed by atoms with van der Waals surface area (Å²) < 4.78 is 0. The van der Waals surface area contributed by atoms with Gasteiger partial charge in [0.2, 0.25) is 5.91 Å². The summed E-state index contributed by atoms with van der Waals surface area (Å²) in [6.45, 7) is 2.68. The number of unbranched alkanes of at least 4 members (excludes halogenated alkanes) is 1. The van der Waals surface area contributed by atoms with E-state index in [2.05, 4.69) is 16.7 Å². The first-order valence-electron chi connectivity index (χ1n) is 5.67. The number of nitrogens with one attached hydrogen (secondary N) is 2. The van der Waals surface area contributed by atoms with Gasteiger partial charge in [-0.25, -0.2) is 0 Å².